The highest BCUT2D eigenvalue weighted by Crippen LogP contribution is 2.19. The molecular formula is C14H10F3N3. The number of nitrogens with one attached hydrogen (secondary N) is 1. The molecule has 0 saturated heterocycles. The van der Waals surface area contributed by atoms with Gasteiger partial charge in [-0.2, -0.15) is 18.3 Å². The average Bonchev–Trinajstić information content (AvgIpc) is 2.46. The molecule has 0 fully saturated rings. The largest absolute Gasteiger partial charge is 0.450 e. The second kappa shape index (κ2) is 4.63. The van der Waals surface area contributed by atoms with Crippen LogP contribution in [0, 0.1) is 0 Å². The van der Waals surface area contributed by atoms with Crippen LogP contribution in [0.3, 0.4) is 0 Å². The van der Waals surface area contributed by atoms with Gasteiger partial charge in [0.25, 0.3) is 0 Å². The molecule has 1 heterocycles. The van der Waals surface area contributed by atoms with Crippen molar-refractivity contribution < 1.29 is 13.2 Å². The number of benzene rings is 2. The summed E-state index contributed by atoms with van der Waals surface area (Å²) in [4.78, 5) is 3.49. The van der Waals surface area contributed by atoms with Crippen molar-refractivity contribution in [2.45, 2.75) is 6.18 Å². The van der Waals surface area contributed by atoms with E-state index in [0.717, 1.165) is 16.3 Å². The first-order valence-electron chi connectivity index (χ1n) is 5.97. The van der Waals surface area contributed by atoms with Crippen LogP contribution in [0.15, 0.2) is 52.6 Å². The molecule has 0 atom stereocenters. The first-order valence-corrected chi connectivity index (χ1v) is 5.97. The Balaban J connectivity index is 1.88. The summed E-state index contributed by atoms with van der Waals surface area (Å²) in [6.07, 6.45) is -4.49. The molecule has 3 rings (SSSR count). The number of amidine groups is 1. The van der Waals surface area contributed by atoms with E-state index in [2.05, 4.69) is 10.1 Å². The number of hydrogen-bond donors (Lipinski definition) is 1. The lowest BCUT2D eigenvalue weighted by molar-refractivity contribution is -0.0620. The molecule has 0 amide bonds. The van der Waals surface area contributed by atoms with Gasteiger partial charge < -0.3 is 0 Å². The van der Waals surface area contributed by atoms with Crippen molar-refractivity contribution in [1.29, 1.82) is 0 Å². The average molecular weight is 277 g/mol. The van der Waals surface area contributed by atoms with E-state index >= 15 is 0 Å². The Morgan fingerprint density at radius 3 is 2.40 bits per heavy atom. The molecule has 2 aromatic rings. The maximum atomic E-state index is 12.4. The quantitative estimate of drug-likeness (QED) is 0.854. The number of halogens is 3. The van der Waals surface area contributed by atoms with Gasteiger partial charge in [0.1, 0.15) is 0 Å². The summed E-state index contributed by atoms with van der Waals surface area (Å²) in [6.45, 7) is -0.0832. The van der Waals surface area contributed by atoms with Crippen LogP contribution in [0.4, 0.5) is 13.2 Å². The molecular weight excluding hydrogens is 267 g/mol. The molecule has 0 radical (unpaired) electrons. The van der Waals surface area contributed by atoms with Crippen LogP contribution in [0.1, 0.15) is 5.56 Å². The predicted octanol–water partition coefficient (Wildman–Crippen LogP) is 3.11. The monoisotopic (exact) mass is 277 g/mol. The Kier molecular flexibility index (Phi) is 2.93. The summed E-state index contributed by atoms with van der Waals surface area (Å²) in [7, 11) is 0. The summed E-state index contributed by atoms with van der Waals surface area (Å²) >= 11 is 0. The molecule has 102 valence electrons. The van der Waals surface area contributed by atoms with E-state index < -0.39 is 12.0 Å². The molecule has 6 heteroatoms. The Labute approximate surface area is 112 Å². The zero-order chi connectivity index (χ0) is 14.2. The predicted molar refractivity (Wildman–Crippen MR) is 72.0 cm³/mol. The fourth-order valence-corrected chi connectivity index (χ4v) is 2.02. The topological polar surface area (TPSA) is 36.8 Å². The van der Waals surface area contributed by atoms with Crippen molar-refractivity contribution in [3.05, 3.63) is 48.0 Å². The van der Waals surface area contributed by atoms with Gasteiger partial charge in [-0.15, -0.1) is 0 Å². The zero-order valence-electron chi connectivity index (χ0n) is 10.3. The fraction of sp³-hybridized carbons (Fsp3) is 0.143. The minimum atomic E-state index is -4.49. The van der Waals surface area contributed by atoms with Crippen LogP contribution < -0.4 is 5.43 Å². The third-order valence-corrected chi connectivity index (χ3v) is 3.03. The van der Waals surface area contributed by atoms with Gasteiger partial charge in [0, 0.05) is 5.56 Å². The zero-order valence-corrected chi connectivity index (χ0v) is 10.3. The lowest BCUT2D eigenvalue weighted by Crippen LogP contribution is -2.38. The van der Waals surface area contributed by atoms with E-state index in [1.807, 2.05) is 47.9 Å². The van der Waals surface area contributed by atoms with Crippen molar-refractivity contribution in [1.82, 2.24) is 5.43 Å². The van der Waals surface area contributed by atoms with Gasteiger partial charge >= 0.3 is 6.18 Å². The highest BCUT2D eigenvalue weighted by atomic mass is 19.4. The van der Waals surface area contributed by atoms with Gasteiger partial charge in [-0.25, -0.2) is 0 Å². The highest BCUT2D eigenvalue weighted by Gasteiger charge is 2.37. The molecule has 0 bridgehead atoms. The summed E-state index contributed by atoms with van der Waals surface area (Å²) in [6, 6.07) is 13.4. The minimum Gasteiger partial charge on any atom is -0.257 e. The summed E-state index contributed by atoms with van der Waals surface area (Å²) in [5, 5.41) is 5.85. The highest BCUT2D eigenvalue weighted by molar-refractivity contribution is 6.07. The summed E-state index contributed by atoms with van der Waals surface area (Å²) < 4.78 is 37.2. The molecule has 0 unspecified atom stereocenters. The van der Waals surface area contributed by atoms with Crippen molar-refractivity contribution in [2.75, 3.05) is 6.54 Å². The van der Waals surface area contributed by atoms with Gasteiger partial charge in [0.15, 0.2) is 0 Å². The Morgan fingerprint density at radius 2 is 1.75 bits per heavy atom. The third kappa shape index (κ3) is 2.36. The SMILES string of the molecule is FC(F)(F)C1=NCC(c2ccc3ccccc3c2)=NN1. The van der Waals surface area contributed by atoms with Gasteiger partial charge in [-0.05, 0) is 16.8 Å². The molecule has 1 aliphatic heterocycles. The third-order valence-electron chi connectivity index (χ3n) is 3.03. The maximum Gasteiger partial charge on any atom is 0.450 e. The molecule has 0 saturated carbocycles. The van der Waals surface area contributed by atoms with Crippen molar-refractivity contribution in [3.63, 3.8) is 0 Å². The first-order chi connectivity index (χ1) is 9.54. The summed E-state index contributed by atoms with van der Waals surface area (Å²) in [5.41, 5.74) is 3.22. The van der Waals surface area contributed by atoms with E-state index in [-0.39, 0.29) is 6.54 Å². The fourth-order valence-electron chi connectivity index (χ4n) is 2.02. The van der Waals surface area contributed by atoms with Gasteiger partial charge in [0.05, 0.1) is 12.3 Å². The summed E-state index contributed by atoms with van der Waals surface area (Å²) in [5.74, 6) is -1.05. The van der Waals surface area contributed by atoms with E-state index in [0.29, 0.717) is 5.71 Å². The number of rotatable bonds is 1. The molecule has 0 aliphatic carbocycles. The van der Waals surface area contributed by atoms with Crippen LogP contribution in [0.2, 0.25) is 0 Å². The van der Waals surface area contributed by atoms with Crippen LogP contribution in [-0.2, 0) is 0 Å². The van der Waals surface area contributed by atoms with Gasteiger partial charge in [0.2, 0.25) is 5.84 Å². The molecule has 1 aliphatic rings. The van der Waals surface area contributed by atoms with E-state index in [1.165, 1.54) is 0 Å². The van der Waals surface area contributed by atoms with Crippen LogP contribution >= 0.6 is 0 Å². The normalized spacial score (nSPS) is 15.6. The van der Waals surface area contributed by atoms with Crippen molar-refractivity contribution in [2.24, 2.45) is 10.1 Å². The first kappa shape index (κ1) is 12.7. The van der Waals surface area contributed by atoms with Crippen LogP contribution in [0.5, 0.6) is 0 Å². The molecule has 3 nitrogen and oxygen atoms in total. The van der Waals surface area contributed by atoms with Gasteiger partial charge in [-0.1, -0.05) is 36.4 Å². The molecule has 2 aromatic carbocycles. The van der Waals surface area contributed by atoms with E-state index in [1.54, 1.807) is 0 Å². The Hall–Kier alpha value is -2.37. The number of hydrazone groups is 1. The number of aliphatic imine (C=N–C) groups is 1. The number of nitrogens with zero attached hydrogens (tertiary/aromatic N) is 2. The smallest absolute Gasteiger partial charge is 0.257 e. The number of alkyl halides is 3. The van der Waals surface area contributed by atoms with Gasteiger partial charge in [-0.3, -0.25) is 10.4 Å². The van der Waals surface area contributed by atoms with Crippen LogP contribution in [-0.4, -0.2) is 24.3 Å². The molecule has 0 spiro atoms. The number of fused-ring (bicyclic) bond motifs is 1. The Bertz CT molecular complexity index is 717. The van der Waals surface area contributed by atoms with E-state index in [9.17, 15) is 13.2 Å². The number of hydrogen-bond acceptors (Lipinski definition) is 3. The Morgan fingerprint density at radius 1 is 1.00 bits per heavy atom. The van der Waals surface area contributed by atoms with Crippen molar-refractivity contribution >= 4 is 22.3 Å². The second-order valence-electron chi connectivity index (χ2n) is 4.39. The lowest BCUT2D eigenvalue weighted by Gasteiger charge is -2.16. The standard InChI is InChI=1S/C14H10F3N3/c15-14(16,17)13-18-8-12(19-20-13)11-6-5-9-3-1-2-4-10(9)7-11/h1-7H,8H2,(H,18,20). The molecule has 20 heavy (non-hydrogen) atoms. The lowest BCUT2D eigenvalue weighted by atomic mass is 10.0. The molecule has 1 N–H and O–H groups in total. The van der Waals surface area contributed by atoms with Crippen LogP contribution in [0.25, 0.3) is 10.8 Å². The minimum absolute atomic E-state index is 0.0832. The maximum absolute atomic E-state index is 12.4. The molecule has 0 aromatic heterocycles. The van der Waals surface area contributed by atoms with E-state index in [4.69, 9.17) is 0 Å². The van der Waals surface area contributed by atoms with Crippen molar-refractivity contribution in [3.8, 4) is 0 Å². The second-order valence-corrected chi connectivity index (χ2v) is 4.39.